The van der Waals surface area contributed by atoms with E-state index in [2.05, 4.69) is 33.0 Å². The first-order chi connectivity index (χ1) is 7.16. The molecule has 1 unspecified atom stereocenters. The molecule has 0 aliphatic rings. The Balaban J connectivity index is 2.37. The fourth-order valence-electron chi connectivity index (χ4n) is 1.25. The standard InChI is InChI=1S/C11H11BrN2S/c1-7(13)10-6-15-11(14-10)8-3-2-4-9(12)5-8/h2-7H,13H2,1H3. The van der Waals surface area contributed by atoms with Crippen molar-refractivity contribution in [2.24, 2.45) is 5.73 Å². The first kappa shape index (κ1) is 10.8. The summed E-state index contributed by atoms with van der Waals surface area (Å²) in [6.45, 7) is 1.94. The summed E-state index contributed by atoms with van der Waals surface area (Å²) in [5, 5.41) is 3.03. The fourth-order valence-corrected chi connectivity index (χ4v) is 2.57. The molecule has 2 N–H and O–H groups in total. The molecule has 0 aliphatic carbocycles. The summed E-state index contributed by atoms with van der Waals surface area (Å²) in [6.07, 6.45) is 0. The number of aromatic nitrogens is 1. The van der Waals surface area contributed by atoms with E-state index in [-0.39, 0.29) is 6.04 Å². The summed E-state index contributed by atoms with van der Waals surface area (Å²) in [5.74, 6) is 0. The van der Waals surface area contributed by atoms with E-state index in [4.69, 9.17) is 5.73 Å². The first-order valence-corrected chi connectivity index (χ1v) is 6.31. The molecule has 2 rings (SSSR count). The zero-order chi connectivity index (χ0) is 10.8. The van der Waals surface area contributed by atoms with Gasteiger partial charge in [0.1, 0.15) is 5.01 Å². The molecule has 0 aliphatic heterocycles. The monoisotopic (exact) mass is 282 g/mol. The van der Waals surface area contributed by atoms with Crippen LogP contribution in [0, 0.1) is 0 Å². The summed E-state index contributed by atoms with van der Waals surface area (Å²) in [6, 6.07) is 8.12. The summed E-state index contributed by atoms with van der Waals surface area (Å²) in [5.41, 5.74) is 7.85. The average molecular weight is 283 g/mol. The van der Waals surface area contributed by atoms with E-state index >= 15 is 0 Å². The summed E-state index contributed by atoms with van der Waals surface area (Å²) in [4.78, 5) is 4.49. The minimum Gasteiger partial charge on any atom is -0.323 e. The van der Waals surface area contributed by atoms with Gasteiger partial charge in [-0.2, -0.15) is 0 Å². The van der Waals surface area contributed by atoms with Crippen LogP contribution in [0.25, 0.3) is 10.6 Å². The van der Waals surface area contributed by atoms with Crippen molar-refractivity contribution in [1.29, 1.82) is 0 Å². The first-order valence-electron chi connectivity index (χ1n) is 4.64. The Hall–Kier alpha value is -0.710. The molecule has 15 heavy (non-hydrogen) atoms. The Bertz CT molecular complexity index is 465. The molecule has 0 saturated heterocycles. The lowest BCUT2D eigenvalue weighted by molar-refractivity contribution is 0.790. The molecule has 1 atom stereocenters. The molecule has 0 fully saturated rings. The number of benzene rings is 1. The zero-order valence-electron chi connectivity index (χ0n) is 8.27. The molecule has 0 amide bonds. The van der Waals surface area contributed by atoms with E-state index in [1.165, 1.54) is 0 Å². The predicted octanol–water partition coefficient (Wildman–Crippen LogP) is 3.59. The van der Waals surface area contributed by atoms with Crippen LogP contribution in [0.3, 0.4) is 0 Å². The van der Waals surface area contributed by atoms with Crippen molar-refractivity contribution in [3.05, 3.63) is 39.8 Å². The third-order valence-corrected chi connectivity index (χ3v) is 3.46. The van der Waals surface area contributed by atoms with E-state index < -0.39 is 0 Å². The second kappa shape index (κ2) is 4.43. The van der Waals surface area contributed by atoms with Crippen LogP contribution < -0.4 is 5.73 Å². The Kier molecular flexibility index (Phi) is 3.19. The number of halogens is 1. The van der Waals surface area contributed by atoms with Gasteiger partial charge in [-0.15, -0.1) is 11.3 Å². The van der Waals surface area contributed by atoms with E-state index in [1.807, 2.05) is 24.4 Å². The summed E-state index contributed by atoms with van der Waals surface area (Å²) < 4.78 is 1.07. The average Bonchev–Trinajstić information content (AvgIpc) is 2.66. The molecule has 1 aromatic heterocycles. The maximum atomic E-state index is 5.77. The molecule has 2 nitrogen and oxygen atoms in total. The normalized spacial score (nSPS) is 12.7. The Morgan fingerprint density at radius 3 is 2.87 bits per heavy atom. The Morgan fingerprint density at radius 1 is 1.47 bits per heavy atom. The van der Waals surface area contributed by atoms with E-state index in [1.54, 1.807) is 11.3 Å². The zero-order valence-corrected chi connectivity index (χ0v) is 10.7. The number of rotatable bonds is 2. The van der Waals surface area contributed by atoms with Gasteiger partial charge in [0.2, 0.25) is 0 Å². The number of hydrogen-bond donors (Lipinski definition) is 1. The number of nitrogens with zero attached hydrogens (tertiary/aromatic N) is 1. The highest BCUT2D eigenvalue weighted by atomic mass is 79.9. The van der Waals surface area contributed by atoms with Crippen molar-refractivity contribution in [3.8, 4) is 10.6 Å². The maximum Gasteiger partial charge on any atom is 0.123 e. The van der Waals surface area contributed by atoms with Crippen molar-refractivity contribution in [2.75, 3.05) is 0 Å². The molecule has 0 bridgehead atoms. The third-order valence-electron chi connectivity index (χ3n) is 2.06. The van der Waals surface area contributed by atoms with Crippen LogP contribution in [0.5, 0.6) is 0 Å². The lowest BCUT2D eigenvalue weighted by Gasteiger charge is -1.99. The molecular formula is C11H11BrN2S. The number of hydrogen-bond acceptors (Lipinski definition) is 3. The van der Waals surface area contributed by atoms with Gasteiger partial charge in [-0.05, 0) is 19.1 Å². The van der Waals surface area contributed by atoms with Crippen LogP contribution in [-0.4, -0.2) is 4.98 Å². The highest BCUT2D eigenvalue weighted by Gasteiger charge is 2.07. The molecule has 2 aromatic rings. The van der Waals surface area contributed by atoms with Gasteiger partial charge in [-0.25, -0.2) is 4.98 Å². The van der Waals surface area contributed by atoms with Gasteiger partial charge in [-0.1, -0.05) is 28.1 Å². The van der Waals surface area contributed by atoms with Crippen LogP contribution in [0.4, 0.5) is 0 Å². The van der Waals surface area contributed by atoms with Crippen LogP contribution in [0.15, 0.2) is 34.1 Å². The molecule has 0 radical (unpaired) electrons. The van der Waals surface area contributed by atoms with Gasteiger partial charge in [0.25, 0.3) is 0 Å². The largest absolute Gasteiger partial charge is 0.323 e. The van der Waals surface area contributed by atoms with Gasteiger partial charge < -0.3 is 5.73 Å². The molecule has 78 valence electrons. The highest BCUT2D eigenvalue weighted by molar-refractivity contribution is 9.10. The SMILES string of the molecule is CC(N)c1csc(-c2cccc(Br)c2)n1. The minimum atomic E-state index is 0.00199. The lowest BCUT2D eigenvalue weighted by atomic mass is 10.2. The van der Waals surface area contributed by atoms with Gasteiger partial charge in [0.15, 0.2) is 0 Å². The lowest BCUT2D eigenvalue weighted by Crippen LogP contribution is -2.04. The maximum absolute atomic E-state index is 5.77. The quantitative estimate of drug-likeness (QED) is 0.914. The Morgan fingerprint density at radius 2 is 2.27 bits per heavy atom. The molecule has 1 aromatic carbocycles. The van der Waals surface area contributed by atoms with Crippen molar-refractivity contribution in [3.63, 3.8) is 0 Å². The molecule has 0 spiro atoms. The van der Waals surface area contributed by atoms with Gasteiger partial charge in [0, 0.05) is 21.5 Å². The molecule has 1 heterocycles. The molecule has 4 heteroatoms. The van der Waals surface area contributed by atoms with E-state index in [0.29, 0.717) is 0 Å². The van der Waals surface area contributed by atoms with Crippen molar-refractivity contribution in [1.82, 2.24) is 4.98 Å². The van der Waals surface area contributed by atoms with Crippen LogP contribution >= 0.6 is 27.3 Å². The topological polar surface area (TPSA) is 38.9 Å². The smallest absolute Gasteiger partial charge is 0.123 e. The predicted molar refractivity (Wildman–Crippen MR) is 67.9 cm³/mol. The molecule has 0 saturated carbocycles. The van der Waals surface area contributed by atoms with Crippen molar-refractivity contribution in [2.45, 2.75) is 13.0 Å². The summed E-state index contributed by atoms with van der Waals surface area (Å²) in [7, 11) is 0. The third kappa shape index (κ3) is 2.45. The summed E-state index contributed by atoms with van der Waals surface area (Å²) >= 11 is 5.08. The molecular weight excluding hydrogens is 272 g/mol. The highest BCUT2D eigenvalue weighted by Crippen LogP contribution is 2.27. The second-order valence-electron chi connectivity index (χ2n) is 3.38. The van der Waals surface area contributed by atoms with Gasteiger partial charge >= 0.3 is 0 Å². The van der Waals surface area contributed by atoms with Crippen molar-refractivity contribution < 1.29 is 0 Å². The van der Waals surface area contributed by atoms with E-state index in [9.17, 15) is 0 Å². The van der Waals surface area contributed by atoms with Crippen molar-refractivity contribution >= 4 is 27.3 Å². The van der Waals surface area contributed by atoms with Crippen LogP contribution in [0.2, 0.25) is 0 Å². The Labute approximate surface area is 101 Å². The minimum absolute atomic E-state index is 0.00199. The number of thiazole rings is 1. The van der Waals surface area contributed by atoms with E-state index in [0.717, 1.165) is 20.7 Å². The van der Waals surface area contributed by atoms with Gasteiger partial charge in [0.05, 0.1) is 5.69 Å². The number of nitrogens with two attached hydrogens (primary N) is 1. The van der Waals surface area contributed by atoms with Crippen LogP contribution in [0.1, 0.15) is 18.7 Å². The van der Waals surface area contributed by atoms with Crippen LogP contribution in [-0.2, 0) is 0 Å². The fraction of sp³-hybridized carbons (Fsp3) is 0.182. The second-order valence-corrected chi connectivity index (χ2v) is 5.15. The van der Waals surface area contributed by atoms with Gasteiger partial charge in [-0.3, -0.25) is 0 Å².